The number of benzene rings is 3. The Morgan fingerprint density at radius 3 is 2.47 bits per heavy atom. The Labute approximate surface area is 223 Å². The highest BCUT2D eigenvalue weighted by Crippen LogP contribution is 2.35. The van der Waals surface area contributed by atoms with Crippen molar-refractivity contribution in [1.29, 1.82) is 0 Å². The minimum absolute atomic E-state index is 0.0502. The van der Waals surface area contributed by atoms with E-state index < -0.39 is 21.2 Å². The summed E-state index contributed by atoms with van der Waals surface area (Å²) >= 11 is 6.12. The maximum atomic E-state index is 15.4. The molecule has 2 aromatic heterocycles. The SMILES string of the molecule is COc1cc(-c2ccc(Cl)c(C)c2)c(F)cc1-n1c(=O)ccc2cc(S(=O)(=O)Cc3ncccn3)ccc21. The highest BCUT2D eigenvalue weighted by atomic mass is 35.5. The predicted octanol–water partition coefficient (Wildman–Crippen LogP) is 5.53. The second kappa shape index (κ2) is 10.00. The van der Waals surface area contributed by atoms with E-state index in [1.54, 1.807) is 24.3 Å². The molecule has 5 rings (SSSR count). The number of aromatic nitrogens is 3. The second-order valence-corrected chi connectivity index (χ2v) is 11.0. The molecule has 7 nitrogen and oxygen atoms in total. The summed E-state index contributed by atoms with van der Waals surface area (Å²) in [5.41, 5.74) is 1.83. The van der Waals surface area contributed by atoms with Gasteiger partial charge in [0.15, 0.2) is 9.84 Å². The fourth-order valence-electron chi connectivity index (χ4n) is 4.24. The maximum Gasteiger partial charge on any atom is 0.255 e. The number of methoxy groups -OCH3 is 1. The molecule has 0 radical (unpaired) electrons. The summed E-state index contributed by atoms with van der Waals surface area (Å²) in [5, 5.41) is 1.04. The highest BCUT2D eigenvalue weighted by Gasteiger charge is 2.20. The molecular weight excluding hydrogens is 529 g/mol. The van der Waals surface area contributed by atoms with Crippen molar-refractivity contribution in [3.63, 3.8) is 0 Å². The lowest BCUT2D eigenvalue weighted by molar-refractivity contribution is 0.412. The van der Waals surface area contributed by atoms with Crippen molar-refractivity contribution in [2.75, 3.05) is 7.11 Å². The molecule has 3 aromatic carbocycles. The topological polar surface area (TPSA) is 91.2 Å². The van der Waals surface area contributed by atoms with Crippen LogP contribution >= 0.6 is 11.6 Å². The number of rotatable bonds is 6. The first kappa shape index (κ1) is 25.6. The number of aryl methyl sites for hydroxylation is 1. The molecule has 0 aliphatic carbocycles. The van der Waals surface area contributed by atoms with Crippen molar-refractivity contribution in [3.05, 3.63) is 112 Å². The van der Waals surface area contributed by atoms with Crippen LogP contribution < -0.4 is 10.3 Å². The number of halogens is 2. The summed E-state index contributed by atoms with van der Waals surface area (Å²) in [7, 11) is -2.33. The van der Waals surface area contributed by atoms with Crippen molar-refractivity contribution < 1.29 is 17.5 Å². The molecule has 0 aliphatic heterocycles. The van der Waals surface area contributed by atoms with E-state index in [0.717, 1.165) is 5.56 Å². The zero-order valence-electron chi connectivity index (χ0n) is 20.4. The van der Waals surface area contributed by atoms with E-state index in [4.69, 9.17) is 16.3 Å². The predicted molar refractivity (Wildman–Crippen MR) is 144 cm³/mol. The van der Waals surface area contributed by atoms with Gasteiger partial charge < -0.3 is 4.74 Å². The zero-order valence-corrected chi connectivity index (χ0v) is 21.9. The monoisotopic (exact) mass is 549 g/mol. The van der Waals surface area contributed by atoms with Crippen molar-refractivity contribution in [3.8, 4) is 22.6 Å². The standard InChI is InChI=1S/C28H21ClFN3O4S/c1-17-12-18(4-7-22(17)29)21-14-26(37-2)25(15-23(21)30)33-24-8-6-20(13-19(24)5-9-28(33)34)38(35,36)16-27-31-10-3-11-32-27/h3-15H,16H2,1-2H3. The van der Waals surface area contributed by atoms with E-state index in [-0.39, 0.29) is 33.5 Å². The number of hydrogen-bond acceptors (Lipinski definition) is 6. The number of pyridine rings is 1. The van der Waals surface area contributed by atoms with E-state index in [9.17, 15) is 13.2 Å². The van der Waals surface area contributed by atoms with Gasteiger partial charge in [-0.05, 0) is 66.6 Å². The van der Waals surface area contributed by atoms with E-state index in [1.807, 2.05) is 6.92 Å². The van der Waals surface area contributed by atoms with E-state index in [2.05, 4.69) is 9.97 Å². The van der Waals surface area contributed by atoms with Crippen LogP contribution in [0.15, 0.2) is 88.8 Å². The molecule has 0 unspecified atom stereocenters. The minimum Gasteiger partial charge on any atom is -0.495 e. The van der Waals surface area contributed by atoms with Gasteiger partial charge in [0.05, 0.1) is 23.2 Å². The molecule has 0 atom stereocenters. The molecule has 192 valence electrons. The number of sulfone groups is 1. The zero-order chi connectivity index (χ0) is 27.0. The van der Waals surface area contributed by atoms with Crippen LogP contribution in [0, 0.1) is 12.7 Å². The smallest absolute Gasteiger partial charge is 0.255 e. The Hall–Kier alpha value is -4.08. The molecule has 0 spiro atoms. The van der Waals surface area contributed by atoms with Gasteiger partial charge in [-0.3, -0.25) is 9.36 Å². The fraction of sp³-hybridized carbons (Fsp3) is 0.107. The summed E-state index contributed by atoms with van der Waals surface area (Å²) in [6.45, 7) is 1.83. The third kappa shape index (κ3) is 4.78. The second-order valence-electron chi connectivity index (χ2n) is 8.62. The number of hydrogen-bond donors (Lipinski definition) is 0. The van der Waals surface area contributed by atoms with Crippen LogP contribution in [0.2, 0.25) is 5.02 Å². The molecule has 0 bridgehead atoms. The Kier molecular flexibility index (Phi) is 6.73. The summed E-state index contributed by atoms with van der Waals surface area (Å²) < 4.78 is 48.3. The lowest BCUT2D eigenvalue weighted by Gasteiger charge is -2.17. The first-order valence-electron chi connectivity index (χ1n) is 11.5. The van der Waals surface area contributed by atoms with Crippen LogP contribution in [-0.4, -0.2) is 30.1 Å². The third-order valence-corrected chi connectivity index (χ3v) is 8.18. The molecule has 5 aromatic rings. The minimum atomic E-state index is -3.76. The molecule has 10 heteroatoms. The first-order valence-corrected chi connectivity index (χ1v) is 13.5. The number of ether oxygens (including phenoxy) is 1. The quantitative estimate of drug-likeness (QED) is 0.276. The fourth-order valence-corrected chi connectivity index (χ4v) is 5.59. The van der Waals surface area contributed by atoms with Crippen LogP contribution in [-0.2, 0) is 15.6 Å². The molecular formula is C28H21ClFN3O4S. The van der Waals surface area contributed by atoms with Crippen molar-refractivity contribution in [1.82, 2.24) is 14.5 Å². The molecule has 0 amide bonds. The average molecular weight is 550 g/mol. The van der Waals surface area contributed by atoms with Crippen LogP contribution in [0.4, 0.5) is 4.39 Å². The van der Waals surface area contributed by atoms with Crippen molar-refractivity contribution in [2.45, 2.75) is 17.6 Å². The molecule has 0 N–H and O–H groups in total. The van der Waals surface area contributed by atoms with Crippen molar-refractivity contribution in [2.24, 2.45) is 0 Å². The van der Waals surface area contributed by atoms with Gasteiger partial charge in [-0.2, -0.15) is 0 Å². The number of nitrogens with zero attached hydrogens (tertiary/aromatic N) is 3. The summed E-state index contributed by atoms with van der Waals surface area (Å²) in [4.78, 5) is 21.0. The average Bonchev–Trinajstić information content (AvgIpc) is 2.90. The third-order valence-electron chi connectivity index (χ3n) is 6.14. The Morgan fingerprint density at radius 1 is 1.00 bits per heavy atom. The summed E-state index contributed by atoms with van der Waals surface area (Å²) in [6, 6.07) is 16.7. The summed E-state index contributed by atoms with van der Waals surface area (Å²) in [6.07, 6.45) is 2.95. The van der Waals surface area contributed by atoms with Crippen LogP contribution in [0.1, 0.15) is 11.4 Å². The van der Waals surface area contributed by atoms with Crippen LogP contribution in [0.5, 0.6) is 5.75 Å². The maximum absolute atomic E-state index is 15.4. The number of fused-ring (bicyclic) bond motifs is 1. The summed E-state index contributed by atoms with van der Waals surface area (Å²) in [5.74, 6) is -0.493. The Balaban J connectivity index is 1.63. The Bertz CT molecular complexity index is 1860. The van der Waals surface area contributed by atoms with E-state index in [1.165, 1.54) is 66.5 Å². The molecule has 0 saturated carbocycles. The largest absolute Gasteiger partial charge is 0.495 e. The van der Waals surface area contributed by atoms with E-state index >= 15 is 4.39 Å². The Morgan fingerprint density at radius 2 is 1.76 bits per heavy atom. The molecule has 0 aliphatic rings. The van der Waals surface area contributed by atoms with Gasteiger partial charge in [0, 0.05) is 40.5 Å². The van der Waals surface area contributed by atoms with Gasteiger partial charge in [0.1, 0.15) is 23.1 Å². The van der Waals surface area contributed by atoms with Crippen LogP contribution in [0.25, 0.3) is 27.7 Å². The van der Waals surface area contributed by atoms with Gasteiger partial charge in [-0.15, -0.1) is 0 Å². The van der Waals surface area contributed by atoms with Crippen molar-refractivity contribution >= 4 is 32.3 Å². The molecule has 2 heterocycles. The molecule has 0 fully saturated rings. The van der Waals surface area contributed by atoms with Gasteiger partial charge in [-0.25, -0.2) is 22.8 Å². The normalized spacial score (nSPS) is 11.6. The van der Waals surface area contributed by atoms with Gasteiger partial charge in [-0.1, -0.05) is 17.7 Å². The first-order chi connectivity index (χ1) is 18.2. The lowest BCUT2D eigenvalue weighted by atomic mass is 10.0. The highest BCUT2D eigenvalue weighted by molar-refractivity contribution is 7.90. The van der Waals surface area contributed by atoms with Gasteiger partial charge in [0.25, 0.3) is 5.56 Å². The molecule has 0 saturated heterocycles. The lowest BCUT2D eigenvalue weighted by Crippen LogP contribution is -2.18. The van der Waals surface area contributed by atoms with E-state index in [0.29, 0.717) is 21.5 Å². The van der Waals surface area contributed by atoms with Gasteiger partial charge >= 0.3 is 0 Å². The van der Waals surface area contributed by atoms with Gasteiger partial charge in [0.2, 0.25) is 0 Å². The van der Waals surface area contributed by atoms with Crippen LogP contribution in [0.3, 0.4) is 0 Å². The molecule has 38 heavy (non-hydrogen) atoms.